The summed E-state index contributed by atoms with van der Waals surface area (Å²) in [4.78, 5) is 11.8. The van der Waals surface area contributed by atoms with Gasteiger partial charge in [-0.25, -0.2) is 4.79 Å². The molecule has 0 heterocycles. The molecule has 0 unspecified atom stereocenters. The third kappa shape index (κ3) is 4.04. The van der Waals surface area contributed by atoms with Crippen molar-refractivity contribution < 1.29 is 9.90 Å². The van der Waals surface area contributed by atoms with Crippen molar-refractivity contribution in [3.8, 4) is 0 Å². The van der Waals surface area contributed by atoms with Crippen molar-refractivity contribution in [1.29, 1.82) is 0 Å². The van der Waals surface area contributed by atoms with E-state index in [0.717, 1.165) is 11.3 Å². The second-order valence-corrected chi connectivity index (χ2v) is 5.36. The van der Waals surface area contributed by atoms with E-state index < -0.39 is 5.54 Å². The predicted octanol–water partition coefficient (Wildman–Crippen LogP) is 2.70. The molecule has 1 aromatic rings. The molecule has 1 aromatic carbocycles. The molecule has 0 aliphatic rings. The molecule has 0 aliphatic carbocycles. The van der Waals surface area contributed by atoms with Gasteiger partial charge in [-0.3, -0.25) is 0 Å². The monoisotopic (exact) mass is 250 g/mol. The number of aliphatic hydroxyl groups is 1. The molecule has 100 valence electrons. The molecule has 0 bridgehead atoms. The molecule has 0 radical (unpaired) electrons. The number of para-hydroxylation sites is 1. The SMILES string of the molecule is CC(C)c1ccccc1NC(=O)NC(C)(C)CO. The molecule has 0 spiro atoms. The Labute approximate surface area is 108 Å². The highest BCUT2D eigenvalue weighted by Gasteiger charge is 2.19. The van der Waals surface area contributed by atoms with Crippen LogP contribution in [0.1, 0.15) is 39.2 Å². The molecule has 4 heteroatoms. The third-order valence-corrected chi connectivity index (χ3v) is 2.68. The number of hydrogen-bond donors (Lipinski definition) is 3. The molecule has 18 heavy (non-hydrogen) atoms. The average molecular weight is 250 g/mol. The summed E-state index contributed by atoms with van der Waals surface area (Å²) in [6.45, 7) is 7.58. The maximum atomic E-state index is 11.8. The zero-order valence-corrected chi connectivity index (χ0v) is 11.4. The maximum Gasteiger partial charge on any atom is 0.319 e. The number of urea groups is 1. The van der Waals surface area contributed by atoms with Gasteiger partial charge >= 0.3 is 6.03 Å². The van der Waals surface area contributed by atoms with Gasteiger partial charge in [0, 0.05) is 5.69 Å². The normalized spacial score (nSPS) is 11.4. The molecule has 0 fully saturated rings. The molecular weight excluding hydrogens is 228 g/mol. The van der Waals surface area contributed by atoms with Crippen LogP contribution in [0.5, 0.6) is 0 Å². The Hall–Kier alpha value is -1.55. The zero-order valence-electron chi connectivity index (χ0n) is 11.4. The van der Waals surface area contributed by atoms with Gasteiger partial charge in [0.25, 0.3) is 0 Å². The molecule has 1 rings (SSSR count). The summed E-state index contributed by atoms with van der Waals surface area (Å²) in [7, 11) is 0. The van der Waals surface area contributed by atoms with Crippen LogP contribution in [-0.4, -0.2) is 23.3 Å². The summed E-state index contributed by atoms with van der Waals surface area (Å²) >= 11 is 0. The number of carbonyl (C=O) groups is 1. The average Bonchev–Trinajstić information content (AvgIpc) is 2.28. The molecular formula is C14H22N2O2. The Balaban J connectivity index is 2.76. The quantitative estimate of drug-likeness (QED) is 0.769. The molecule has 0 saturated heterocycles. The van der Waals surface area contributed by atoms with Crippen LogP contribution in [0.25, 0.3) is 0 Å². The molecule has 0 atom stereocenters. The van der Waals surface area contributed by atoms with E-state index in [0.29, 0.717) is 5.92 Å². The minimum absolute atomic E-state index is 0.105. The largest absolute Gasteiger partial charge is 0.394 e. The Bertz CT molecular complexity index is 414. The lowest BCUT2D eigenvalue weighted by Gasteiger charge is -2.24. The molecule has 0 aliphatic heterocycles. The van der Waals surface area contributed by atoms with Crippen molar-refractivity contribution in [2.75, 3.05) is 11.9 Å². The van der Waals surface area contributed by atoms with Gasteiger partial charge in [0.1, 0.15) is 0 Å². The minimum Gasteiger partial charge on any atom is -0.394 e. The van der Waals surface area contributed by atoms with Gasteiger partial charge in [0.2, 0.25) is 0 Å². The number of benzene rings is 1. The van der Waals surface area contributed by atoms with Gasteiger partial charge in [-0.05, 0) is 31.4 Å². The highest BCUT2D eigenvalue weighted by atomic mass is 16.3. The fourth-order valence-electron chi connectivity index (χ4n) is 1.61. The van der Waals surface area contributed by atoms with Crippen LogP contribution < -0.4 is 10.6 Å². The number of rotatable bonds is 4. The van der Waals surface area contributed by atoms with E-state index in [9.17, 15) is 4.79 Å². The van der Waals surface area contributed by atoms with Crippen LogP contribution in [-0.2, 0) is 0 Å². The smallest absolute Gasteiger partial charge is 0.319 e. The Kier molecular flexibility index (Phi) is 4.73. The molecule has 0 aromatic heterocycles. The molecule has 2 amide bonds. The summed E-state index contributed by atoms with van der Waals surface area (Å²) in [5, 5.41) is 14.7. The number of aliphatic hydroxyl groups excluding tert-OH is 1. The van der Waals surface area contributed by atoms with E-state index in [2.05, 4.69) is 24.5 Å². The van der Waals surface area contributed by atoms with Crippen LogP contribution in [0.2, 0.25) is 0 Å². The van der Waals surface area contributed by atoms with Gasteiger partial charge in [-0.15, -0.1) is 0 Å². The van der Waals surface area contributed by atoms with E-state index in [1.54, 1.807) is 13.8 Å². The van der Waals surface area contributed by atoms with Gasteiger partial charge in [0.15, 0.2) is 0 Å². The van der Waals surface area contributed by atoms with Crippen LogP contribution in [0.4, 0.5) is 10.5 Å². The van der Waals surface area contributed by atoms with E-state index in [1.807, 2.05) is 24.3 Å². The summed E-state index contributed by atoms with van der Waals surface area (Å²) in [5.74, 6) is 0.340. The Morgan fingerprint density at radius 2 is 1.94 bits per heavy atom. The first kappa shape index (κ1) is 14.5. The van der Waals surface area contributed by atoms with Crippen molar-refractivity contribution in [2.24, 2.45) is 0 Å². The zero-order chi connectivity index (χ0) is 13.8. The van der Waals surface area contributed by atoms with Crippen LogP contribution >= 0.6 is 0 Å². The number of anilines is 1. The van der Waals surface area contributed by atoms with Gasteiger partial charge in [-0.1, -0.05) is 32.0 Å². The lowest BCUT2D eigenvalue weighted by atomic mass is 10.0. The van der Waals surface area contributed by atoms with E-state index in [4.69, 9.17) is 5.11 Å². The van der Waals surface area contributed by atoms with E-state index in [1.165, 1.54) is 0 Å². The number of carbonyl (C=O) groups excluding carboxylic acids is 1. The fourth-order valence-corrected chi connectivity index (χ4v) is 1.61. The molecule has 0 saturated carbocycles. The summed E-state index contributed by atoms with van der Waals surface area (Å²) < 4.78 is 0. The second kappa shape index (κ2) is 5.87. The summed E-state index contributed by atoms with van der Waals surface area (Å²) in [6, 6.07) is 7.41. The highest BCUT2D eigenvalue weighted by Crippen LogP contribution is 2.23. The topological polar surface area (TPSA) is 61.4 Å². The van der Waals surface area contributed by atoms with Gasteiger partial charge in [0.05, 0.1) is 12.1 Å². The van der Waals surface area contributed by atoms with Crippen LogP contribution in [0.3, 0.4) is 0 Å². The van der Waals surface area contributed by atoms with E-state index in [-0.39, 0.29) is 12.6 Å². The first-order chi connectivity index (χ1) is 8.35. The van der Waals surface area contributed by atoms with Crippen molar-refractivity contribution >= 4 is 11.7 Å². The molecule has 3 N–H and O–H groups in total. The van der Waals surface area contributed by atoms with Crippen LogP contribution in [0.15, 0.2) is 24.3 Å². The fraction of sp³-hybridized carbons (Fsp3) is 0.500. The van der Waals surface area contributed by atoms with Crippen molar-refractivity contribution in [1.82, 2.24) is 5.32 Å². The number of hydrogen-bond acceptors (Lipinski definition) is 2. The van der Waals surface area contributed by atoms with E-state index >= 15 is 0 Å². The minimum atomic E-state index is -0.628. The predicted molar refractivity (Wildman–Crippen MR) is 73.9 cm³/mol. The lowest BCUT2D eigenvalue weighted by Crippen LogP contribution is -2.48. The number of amides is 2. The van der Waals surface area contributed by atoms with Crippen molar-refractivity contribution in [2.45, 2.75) is 39.2 Å². The van der Waals surface area contributed by atoms with Crippen LogP contribution in [0, 0.1) is 0 Å². The summed E-state index contributed by atoms with van der Waals surface area (Å²) in [6.07, 6.45) is 0. The Morgan fingerprint density at radius 3 is 2.50 bits per heavy atom. The van der Waals surface area contributed by atoms with Crippen molar-refractivity contribution in [3.63, 3.8) is 0 Å². The number of nitrogens with one attached hydrogen (secondary N) is 2. The maximum absolute atomic E-state index is 11.8. The standard InChI is InChI=1S/C14H22N2O2/c1-10(2)11-7-5-6-8-12(11)15-13(18)16-14(3,4)9-17/h5-8,10,17H,9H2,1-4H3,(H2,15,16,18). The van der Waals surface area contributed by atoms with Crippen molar-refractivity contribution in [3.05, 3.63) is 29.8 Å². The summed E-state index contributed by atoms with van der Waals surface area (Å²) in [5.41, 5.74) is 1.27. The van der Waals surface area contributed by atoms with Gasteiger partial charge in [-0.2, -0.15) is 0 Å². The first-order valence-electron chi connectivity index (χ1n) is 6.14. The third-order valence-electron chi connectivity index (χ3n) is 2.68. The molecule has 4 nitrogen and oxygen atoms in total. The van der Waals surface area contributed by atoms with Gasteiger partial charge < -0.3 is 15.7 Å². The second-order valence-electron chi connectivity index (χ2n) is 5.36. The highest BCUT2D eigenvalue weighted by molar-refractivity contribution is 5.90. The lowest BCUT2D eigenvalue weighted by molar-refractivity contribution is 0.187. The Morgan fingerprint density at radius 1 is 1.33 bits per heavy atom. The first-order valence-corrected chi connectivity index (χ1v) is 6.14.